The Kier molecular flexibility index (Phi) is 5.40. The number of hydrogen-bond donors (Lipinski definition) is 4. The Morgan fingerprint density at radius 2 is 1.10 bits per heavy atom. The van der Waals surface area contributed by atoms with Crippen LogP contribution in [0.5, 0.6) is 0 Å². The summed E-state index contributed by atoms with van der Waals surface area (Å²) in [6.45, 7) is 0. The molecule has 0 aliphatic carbocycles. The molecule has 0 spiro atoms. The second-order valence-corrected chi connectivity index (χ2v) is 3.68. The van der Waals surface area contributed by atoms with Gasteiger partial charge in [0.15, 0.2) is 0 Å². The van der Waals surface area contributed by atoms with E-state index in [0.717, 1.165) is 0 Å². The average Bonchev–Trinajstić information content (AvgIpc) is 1.14. The monoisotopic (exact) mass is 229 g/mol. The van der Waals surface area contributed by atoms with Crippen LogP contribution in [0, 0.1) is 0 Å². The summed E-state index contributed by atoms with van der Waals surface area (Å²) in [7, 11) is -10.1. The second kappa shape index (κ2) is 4.02. The second-order valence-electron chi connectivity index (χ2n) is 1.06. The molecule has 61 valence electrons. The summed E-state index contributed by atoms with van der Waals surface area (Å²) in [4.78, 5) is 31.0. The van der Waals surface area contributed by atoms with Crippen molar-refractivity contribution in [3.8, 4) is 0 Å². The fourth-order valence-corrected chi connectivity index (χ4v) is 1.25. The van der Waals surface area contributed by atoms with E-state index < -0.39 is 15.6 Å². The molecule has 0 atom stereocenters. The van der Waals surface area contributed by atoms with Gasteiger partial charge < -0.3 is 19.6 Å². The first-order valence-corrected chi connectivity index (χ1v) is 4.59. The zero-order chi connectivity index (χ0) is 7.71. The van der Waals surface area contributed by atoms with Gasteiger partial charge in [-0.3, -0.25) is 0 Å². The molecule has 0 aliphatic rings. The Morgan fingerprint density at radius 1 is 0.900 bits per heavy atom. The Hall–Kier alpha value is 0.844. The summed E-state index contributed by atoms with van der Waals surface area (Å²) in [5.41, 5.74) is 0. The van der Waals surface area contributed by atoms with Crippen LogP contribution in [0.3, 0.4) is 0 Å². The van der Waals surface area contributed by atoms with Crippen LogP contribution in [0.15, 0.2) is 0 Å². The smallest absolute Gasteiger partial charge is 0.302 e. The molecule has 0 saturated heterocycles. The van der Waals surface area contributed by atoms with Gasteiger partial charge >= 0.3 is 15.6 Å². The minimum atomic E-state index is -5.05. The van der Waals surface area contributed by atoms with Gasteiger partial charge in [-0.1, -0.05) is 0 Å². The van der Waals surface area contributed by atoms with Gasteiger partial charge in [-0.2, -0.15) is 4.31 Å². The van der Waals surface area contributed by atoms with Crippen molar-refractivity contribution >= 4 is 15.6 Å². The van der Waals surface area contributed by atoms with Gasteiger partial charge in [0, 0.05) is 18.6 Å². The fourth-order valence-electron chi connectivity index (χ4n) is 0.139. The van der Waals surface area contributed by atoms with E-state index in [9.17, 15) is 9.13 Å². The van der Waals surface area contributed by atoms with Crippen molar-refractivity contribution in [2.24, 2.45) is 0 Å². The molecule has 0 aromatic heterocycles. The maximum Gasteiger partial charge on any atom is 0.478 e. The van der Waals surface area contributed by atoms with Gasteiger partial charge in [0.2, 0.25) is 0 Å². The van der Waals surface area contributed by atoms with Gasteiger partial charge in [-0.15, -0.1) is 0 Å². The maximum absolute atomic E-state index is 9.63. The molecule has 0 fully saturated rings. The average molecular weight is 229 g/mol. The van der Waals surface area contributed by atoms with E-state index in [1.165, 1.54) is 0 Å². The van der Waals surface area contributed by atoms with E-state index in [1.807, 2.05) is 0 Å². The molecule has 10 heavy (non-hydrogen) atoms. The predicted molar refractivity (Wildman–Crippen MR) is 25.2 cm³/mol. The summed E-state index contributed by atoms with van der Waals surface area (Å²) < 4.78 is 22.2. The van der Waals surface area contributed by atoms with Crippen LogP contribution in [0.25, 0.3) is 0 Å². The summed E-state index contributed by atoms with van der Waals surface area (Å²) in [6.07, 6.45) is 0. The first kappa shape index (κ1) is 13.4. The summed E-state index contributed by atoms with van der Waals surface area (Å²) >= 11 is 0. The molecule has 0 aromatic rings. The van der Waals surface area contributed by atoms with Gasteiger partial charge in [0.25, 0.3) is 0 Å². The van der Waals surface area contributed by atoms with E-state index in [-0.39, 0.29) is 18.6 Å². The molecule has 0 heterocycles. The van der Waals surface area contributed by atoms with Crippen LogP contribution in [-0.2, 0) is 32.0 Å². The third-order valence-corrected chi connectivity index (χ3v) is 1.91. The Balaban J connectivity index is 0. The topological polar surface area (TPSA) is 124 Å². The molecule has 0 saturated carbocycles. The summed E-state index contributed by atoms with van der Waals surface area (Å²) in [5, 5.41) is 0. The Morgan fingerprint density at radius 3 is 1.10 bits per heavy atom. The van der Waals surface area contributed by atoms with Crippen molar-refractivity contribution in [1.82, 2.24) is 0 Å². The van der Waals surface area contributed by atoms with Crippen molar-refractivity contribution in [2.75, 3.05) is 0 Å². The molecule has 0 aromatic carbocycles. The maximum atomic E-state index is 9.63. The Labute approximate surface area is 67.8 Å². The first-order valence-electron chi connectivity index (χ1n) is 1.53. The molecular weight excluding hydrogens is 225 g/mol. The first-order chi connectivity index (χ1) is 3.71. The van der Waals surface area contributed by atoms with Crippen LogP contribution in [0.4, 0.5) is 0 Å². The molecule has 0 bridgehead atoms. The molecule has 1 radical (unpaired) electrons. The van der Waals surface area contributed by atoms with E-state index in [0.29, 0.717) is 0 Å². The molecule has 0 rings (SSSR count). The van der Waals surface area contributed by atoms with Crippen LogP contribution < -0.4 is 0 Å². The number of rotatable bonds is 2. The van der Waals surface area contributed by atoms with Gasteiger partial charge in [-0.25, -0.2) is 9.13 Å². The fraction of sp³-hybridized carbons (Fsp3) is 0. The summed E-state index contributed by atoms with van der Waals surface area (Å²) in [5.74, 6) is 0. The summed E-state index contributed by atoms with van der Waals surface area (Å²) in [6, 6.07) is 0. The van der Waals surface area contributed by atoms with E-state index >= 15 is 0 Å². The van der Waals surface area contributed by atoms with Crippen molar-refractivity contribution in [3.05, 3.63) is 0 Å². The normalized spacial score (nSPS) is 12.4. The predicted octanol–water partition coefficient (Wildman–Crippen LogP) is -0.814. The van der Waals surface area contributed by atoms with Crippen molar-refractivity contribution in [3.63, 3.8) is 0 Å². The Bertz CT molecular complexity index is 152. The molecule has 10 heteroatoms. The molecule has 4 N–H and O–H groups in total. The minimum Gasteiger partial charge on any atom is -0.302 e. The number of phosphoric acid groups is 2. The third kappa shape index (κ3) is 11.6. The van der Waals surface area contributed by atoms with Gasteiger partial charge in [0.05, 0.1) is 0 Å². The van der Waals surface area contributed by atoms with Crippen molar-refractivity contribution < 1.29 is 51.6 Å². The van der Waals surface area contributed by atoms with E-state index in [1.54, 1.807) is 0 Å². The molecule has 0 aliphatic heterocycles. The van der Waals surface area contributed by atoms with Gasteiger partial charge in [0.1, 0.15) is 0 Å². The molecular formula is H4O7P2V. The minimum absolute atomic E-state index is 0. The van der Waals surface area contributed by atoms with Crippen LogP contribution in [0.1, 0.15) is 0 Å². The zero-order valence-corrected chi connectivity index (χ0v) is 7.54. The molecule has 7 nitrogen and oxygen atoms in total. The van der Waals surface area contributed by atoms with Gasteiger partial charge in [-0.05, 0) is 0 Å². The van der Waals surface area contributed by atoms with E-state index in [2.05, 4.69) is 4.31 Å². The SMILES string of the molecule is O=P(O)(O)OP(=O)(O)O.[V]. The van der Waals surface area contributed by atoms with Crippen molar-refractivity contribution in [2.45, 2.75) is 0 Å². The standard InChI is InChI=1S/H4O7P2.V/c1-8(2,3)7-9(4,5)6;/h(H2,1,2,3)(H2,4,5,6);. The van der Waals surface area contributed by atoms with Crippen LogP contribution in [0.2, 0.25) is 0 Å². The van der Waals surface area contributed by atoms with E-state index in [4.69, 9.17) is 19.6 Å². The molecule has 0 amide bonds. The van der Waals surface area contributed by atoms with Crippen LogP contribution >= 0.6 is 15.6 Å². The number of hydrogen-bond acceptors (Lipinski definition) is 3. The molecule has 0 unspecified atom stereocenters. The zero-order valence-electron chi connectivity index (χ0n) is 4.36. The third-order valence-electron chi connectivity index (χ3n) is 0.213. The largest absolute Gasteiger partial charge is 0.478 e. The van der Waals surface area contributed by atoms with Crippen LogP contribution in [-0.4, -0.2) is 19.6 Å². The van der Waals surface area contributed by atoms with Crippen molar-refractivity contribution in [1.29, 1.82) is 0 Å². The quantitative estimate of drug-likeness (QED) is 0.456.